The van der Waals surface area contributed by atoms with E-state index in [9.17, 15) is 4.79 Å². The van der Waals surface area contributed by atoms with Crippen LogP contribution in [-0.4, -0.2) is 42.9 Å². The van der Waals surface area contributed by atoms with Gasteiger partial charge in [-0.15, -0.1) is 35.3 Å². The molecule has 0 bridgehead atoms. The number of amides is 1. The van der Waals surface area contributed by atoms with Gasteiger partial charge < -0.3 is 15.5 Å². The first kappa shape index (κ1) is 21.5. The third-order valence-electron chi connectivity index (χ3n) is 5.40. The van der Waals surface area contributed by atoms with Crippen LogP contribution in [0.25, 0.3) is 0 Å². The molecule has 26 heavy (non-hydrogen) atoms. The molecule has 2 aliphatic rings. The summed E-state index contributed by atoms with van der Waals surface area (Å²) in [6.45, 7) is 4.60. The van der Waals surface area contributed by atoms with E-state index in [4.69, 9.17) is 0 Å². The zero-order chi connectivity index (χ0) is 17.6. The normalized spacial score (nSPS) is 21.4. The number of likely N-dealkylation sites (tertiary alicyclic amines) is 1. The number of nitrogens with one attached hydrogen (secondary N) is 2. The van der Waals surface area contributed by atoms with Gasteiger partial charge in [-0.3, -0.25) is 9.79 Å². The molecule has 1 aromatic rings. The van der Waals surface area contributed by atoms with Crippen molar-refractivity contribution in [1.29, 1.82) is 0 Å². The number of carbonyl (C=O) groups excluding carboxylic acids is 1. The number of halogens is 1. The van der Waals surface area contributed by atoms with Crippen LogP contribution in [0.1, 0.15) is 49.0 Å². The smallest absolute Gasteiger partial charge is 0.225 e. The third-order valence-corrected chi connectivity index (χ3v) is 6.43. The van der Waals surface area contributed by atoms with Crippen LogP contribution in [0, 0.1) is 12.8 Å². The van der Waals surface area contributed by atoms with Crippen LogP contribution >= 0.6 is 35.3 Å². The van der Waals surface area contributed by atoms with Crippen molar-refractivity contribution in [1.82, 2.24) is 15.5 Å². The van der Waals surface area contributed by atoms with Gasteiger partial charge in [-0.05, 0) is 43.2 Å². The van der Waals surface area contributed by atoms with Gasteiger partial charge in [0, 0.05) is 37.0 Å². The average Bonchev–Trinajstić information content (AvgIpc) is 3.27. The van der Waals surface area contributed by atoms with Crippen molar-refractivity contribution in [3.8, 4) is 0 Å². The molecule has 0 radical (unpaired) electrons. The number of aryl methyl sites for hydroxylation is 1. The first-order valence-electron chi connectivity index (χ1n) is 9.46. The lowest BCUT2D eigenvalue weighted by atomic mass is 9.88. The third kappa shape index (κ3) is 5.58. The summed E-state index contributed by atoms with van der Waals surface area (Å²) in [6.07, 6.45) is 6.87. The minimum Gasteiger partial charge on any atom is -0.352 e. The molecule has 1 aromatic heterocycles. The molecule has 7 heteroatoms. The van der Waals surface area contributed by atoms with E-state index in [0.717, 1.165) is 44.9 Å². The number of hydrogen-bond donors (Lipinski definition) is 2. The summed E-state index contributed by atoms with van der Waals surface area (Å²) in [4.78, 5) is 20.4. The summed E-state index contributed by atoms with van der Waals surface area (Å²) in [7, 11) is 1.80. The predicted molar refractivity (Wildman–Crippen MR) is 119 cm³/mol. The number of rotatable bonds is 4. The molecule has 1 unspecified atom stereocenters. The molecule has 0 aromatic carbocycles. The van der Waals surface area contributed by atoms with Gasteiger partial charge in [0.05, 0.1) is 6.54 Å². The number of thiophene rings is 1. The molecule has 1 aliphatic carbocycles. The highest BCUT2D eigenvalue weighted by Crippen LogP contribution is 2.26. The second-order valence-corrected chi connectivity index (χ2v) is 8.20. The predicted octanol–water partition coefficient (Wildman–Crippen LogP) is 3.52. The average molecular weight is 490 g/mol. The van der Waals surface area contributed by atoms with Crippen molar-refractivity contribution >= 4 is 47.2 Å². The Morgan fingerprint density at radius 1 is 1.31 bits per heavy atom. The summed E-state index contributed by atoms with van der Waals surface area (Å²) in [5.74, 6) is 1.47. The first-order chi connectivity index (χ1) is 12.2. The second kappa shape index (κ2) is 10.5. The molecule has 1 atom stereocenters. The molecule has 2 N–H and O–H groups in total. The summed E-state index contributed by atoms with van der Waals surface area (Å²) in [5, 5.41) is 9.00. The summed E-state index contributed by atoms with van der Waals surface area (Å²) >= 11 is 1.77. The standard InChI is InChI=1S/C19H30N4OS.HI/c1-14-9-11-25-17(14)12-21-19(20-2)22-16-8-10-23(13-16)18(24)15-6-4-3-5-7-15;/h9,11,15-16H,3-8,10,12-13H2,1-2H3,(H2,20,21,22);1H. The Hall–Kier alpha value is -0.830. The van der Waals surface area contributed by atoms with Crippen LogP contribution in [0.3, 0.4) is 0 Å². The van der Waals surface area contributed by atoms with E-state index < -0.39 is 0 Å². The number of aliphatic imine (C=N–C) groups is 1. The Morgan fingerprint density at radius 2 is 2.08 bits per heavy atom. The van der Waals surface area contributed by atoms with Crippen molar-refractivity contribution < 1.29 is 4.79 Å². The fourth-order valence-electron chi connectivity index (χ4n) is 3.82. The molecule has 1 aliphatic heterocycles. The van der Waals surface area contributed by atoms with E-state index in [1.54, 1.807) is 18.4 Å². The molecule has 5 nitrogen and oxygen atoms in total. The second-order valence-electron chi connectivity index (χ2n) is 7.20. The molecule has 3 rings (SSSR count). The van der Waals surface area contributed by atoms with Crippen molar-refractivity contribution in [3.63, 3.8) is 0 Å². The molecular formula is C19H31IN4OS. The van der Waals surface area contributed by atoms with Crippen molar-refractivity contribution in [2.75, 3.05) is 20.1 Å². The maximum atomic E-state index is 12.7. The van der Waals surface area contributed by atoms with Crippen LogP contribution in [0.2, 0.25) is 0 Å². The van der Waals surface area contributed by atoms with Gasteiger partial charge in [-0.25, -0.2) is 0 Å². The molecule has 1 saturated carbocycles. The number of hydrogen-bond acceptors (Lipinski definition) is 3. The molecule has 1 amide bonds. The zero-order valence-corrected chi connectivity index (χ0v) is 18.9. The van der Waals surface area contributed by atoms with E-state index in [2.05, 4.69) is 38.9 Å². The van der Waals surface area contributed by atoms with Gasteiger partial charge >= 0.3 is 0 Å². The Balaban J connectivity index is 0.00000243. The molecular weight excluding hydrogens is 459 g/mol. The zero-order valence-electron chi connectivity index (χ0n) is 15.8. The lowest BCUT2D eigenvalue weighted by Gasteiger charge is -2.26. The Morgan fingerprint density at radius 3 is 2.73 bits per heavy atom. The molecule has 146 valence electrons. The van der Waals surface area contributed by atoms with Gasteiger partial charge in [-0.1, -0.05) is 19.3 Å². The van der Waals surface area contributed by atoms with Crippen LogP contribution in [-0.2, 0) is 11.3 Å². The van der Waals surface area contributed by atoms with Crippen LogP contribution in [0.5, 0.6) is 0 Å². The van der Waals surface area contributed by atoms with E-state index in [1.165, 1.54) is 29.7 Å². The van der Waals surface area contributed by atoms with E-state index >= 15 is 0 Å². The van der Waals surface area contributed by atoms with Crippen LogP contribution < -0.4 is 10.6 Å². The lowest BCUT2D eigenvalue weighted by Crippen LogP contribution is -2.45. The summed E-state index contributed by atoms with van der Waals surface area (Å²) < 4.78 is 0. The highest BCUT2D eigenvalue weighted by molar-refractivity contribution is 14.0. The molecule has 2 fully saturated rings. The van der Waals surface area contributed by atoms with Gasteiger partial charge in [0.2, 0.25) is 5.91 Å². The van der Waals surface area contributed by atoms with Crippen molar-refractivity contribution in [3.05, 3.63) is 21.9 Å². The highest BCUT2D eigenvalue weighted by Gasteiger charge is 2.31. The van der Waals surface area contributed by atoms with Crippen molar-refractivity contribution in [2.45, 2.75) is 58.0 Å². The number of nitrogens with zero attached hydrogens (tertiary/aromatic N) is 2. The number of guanidine groups is 1. The largest absolute Gasteiger partial charge is 0.352 e. The van der Waals surface area contributed by atoms with E-state index in [0.29, 0.717) is 11.9 Å². The minimum atomic E-state index is 0. The SMILES string of the molecule is CN=C(NCc1sccc1C)NC1CCN(C(=O)C2CCCCC2)C1.I. The van der Waals surface area contributed by atoms with Crippen LogP contribution in [0.15, 0.2) is 16.4 Å². The van der Waals surface area contributed by atoms with Crippen LogP contribution in [0.4, 0.5) is 0 Å². The summed E-state index contributed by atoms with van der Waals surface area (Å²) in [5.41, 5.74) is 1.32. The van der Waals surface area contributed by atoms with Gasteiger partial charge in [0.25, 0.3) is 0 Å². The molecule has 0 spiro atoms. The number of carbonyl (C=O) groups is 1. The van der Waals surface area contributed by atoms with Gasteiger partial charge in [0.1, 0.15) is 0 Å². The Bertz CT molecular complexity index is 612. The first-order valence-corrected chi connectivity index (χ1v) is 10.3. The Labute approximate surface area is 178 Å². The van der Waals surface area contributed by atoms with E-state index in [-0.39, 0.29) is 29.9 Å². The molecule has 2 heterocycles. The van der Waals surface area contributed by atoms with Gasteiger partial charge in [0.15, 0.2) is 5.96 Å². The lowest BCUT2D eigenvalue weighted by molar-refractivity contribution is -0.135. The topological polar surface area (TPSA) is 56.7 Å². The maximum absolute atomic E-state index is 12.7. The van der Waals surface area contributed by atoms with Gasteiger partial charge in [-0.2, -0.15) is 0 Å². The quantitative estimate of drug-likeness (QED) is 0.386. The maximum Gasteiger partial charge on any atom is 0.225 e. The minimum absolute atomic E-state index is 0. The van der Waals surface area contributed by atoms with E-state index in [1.807, 2.05) is 0 Å². The van der Waals surface area contributed by atoms with Crippen molar-refractivity contribution in [2.24, 2.45) is 10.9 Å². The fraction of sp³-hybridized carbons (Fsp3) is 0.684. The summed E-state index contributed by atoms with van der Waals surface area (Å²) in [6, 6.07) is 2.44. The molecule has 1 saturated heterocycles. The monoisotopic (exact) mass is 490 g/mol. The fourth-order valence-corrected chi connectivity index (χ4v) is 4.67. The Kier molecular flexibility index (Phi) is 8.66. The highest BCUT2D eigenvalue weighted by atomic mass is 127.